The van der Waals surface area contributed by atoms with Crippen molar-refractivity contribution in [3.63, 3.8) is 0 Å². The minimum absolute atomic E-state index is 0.429. The predicted octanol–water partition coefficient (Wildman–Crippen LogP) is 1.46. The van der Waals surface area contributed by atoms with Gasteiger partial charge >= 0.3 is 0 Å². The monoisotopic (exact) mass is 231 g/mol. The van der Waals surface area contributed by atoms with E-state index in [0.717, 1.165) is 29.9 Å². The summed E-state index contributed by atoms with van der Waals surface area (Å²) in [5.41, 5.74) is 9.30. The van der Waals surface area contributed by atoms with E-state index in [1.165, 1.54) is 5.56 Å². The molecule has 1 aromatic heterocycles. The third-order valence-corrected chi connectivity index (χ3v) is 3.53. The standard InChI is InChI=1S/C13H17N3O/c1-9-3-4-11-10(7-9)15-12(16(11)2)13(14)5-6-17-8-13/h3-4,7H,5-6,8,14H2,1-2H3. The lowest BCUT2D eigenvalue weighted by molar-refractivity contribution is 0.175. The summed E-state index contributed by atoms with van der Waals surface area (Å²) in [6.45, 7) is 3.35. The summed E-state index contributed by atoms with van der Waals surface area (Å²) < 4.78 is 7.50. The molecule has 1 aliphatic heterocycles. The summed E-state index contributed by atoms with van der Waals surface area (Å²) in [4.78, 5) is 4.68. The minimum Gasteiger partial charge on any atom is -0.379 e. The minimum atomic E-state index is -0.429. The highest BCUT2D eigenvalue weighted by atomic mass is 16.5. The van der Waals surface area contributed by atoms with Crippen molar-refractivity contribution in [2.45, 2.75) is 18.9 Å². The van der Waals surface area contributed by atoms with Gasteiger partial charge in [0.2, 0.25) is 0 Å². The molecule has 0 aliphatic carbocycles. The Hall–Kier alpha value is -1.39. The summed E-state index contributed by atoms with van der Waals surface area (Å²) in [6.07, 6.45) is 0.836. The molecule has 0 spiro atoms. The van der Waals surface area contributed by atoms with Crippen molar-refractivity contribution >= 4 is 11.0 Å². The molecule has 1 atom stereocenters. The molecule has 3 rings (SSSR count). The second-order valence-corrected chi connectivity index (χ2v) is 4.95. The SMILES string of the molecule is Cc1ccc2c(c1)nc(C1(N)CCOC1)n2C. The van der Waals surface area contributed by atoms with Gasteiger partial charge < -0.3 is 15.0 Å². The third kappa shape index (κ3) is 1.56. The second kappa shape index (κ2) is 3.55. The Bertz CT molecular complexity index is 567. The van der Waals surface area contributed by atoms with Crippen molar-refractivity contribution in [2.75, 3.05) is 13.2 Å². The number of fused-ring (bicyclic) bond motifs is 1. The highest BCUT2D eigenvalue weighted by Crippen LogP contribution is 2.29. The zero-order chi connectivity index (χ0) is 12.0. The number of imidazole rings is 1. The molecule has 0 saturated carbocycles. The van der Waals surface area contributed by atoms with Crippen LogP contribution in [0.3, 0.4) is 0 Å². The summed E-state index contributed by atoms with van der Waals surface area (Å²) in [5.74, 6) is 0.926. The van der Waals surface area contributed by atoms with E-state index in [2.05, 4.69) is 34.7 Å². The molecule has 2 heterocycles. The summed E-state index contributed by atoms with van der Waals surface area (Å²) >= 11 is 0. The van der Waals surface area contributed by atoms with Crippen LogP contribution in [0.2, 0.25) is 0 Å². The molecule has 17 heavy (non-hydrogen) atoms. The number of ether oxygens (including phenoxy) is 1. The first-order valence-corrected chi connectivity index (χ1v) is 5.90. The molecule has 2 aromatic rings. The van der Waals surface area contributed by atoms with Gasteiger partial charge in [0.15, 0.2) is 0 Å². The number of hydrogen-bond donors (Lipinski definition) is 1. The quantitative estimate of drug-likeness (QED) is 0.808. The Morgan fingerprint density at radius 3 is 3.00 bits per heavy atom. The van der Waals surface area contributed by atoms with Gasteiger partial charge in [0.1, 0.15) is 11.4 Å². The molecule has 1 aliphatic rings. The number of aryl methyl sites for hydroxylation is 2. The van der Waals surface area contributed by atoms with Crippen molar-refractivity contribution in [1.82, 2.24) is 9.55 Å². The second-order valence-electron chi connectivity index (χ2n) is 4.95. The van der Waals surface area contributed by atoms with Crippen molar-refractivity contribution < 1.29 is 4.74 Å². The summed E-state index contributed by atoms with van der Waals surface area (Å²) in [7, 11) is 2.02. The smallest absolute Gasteiger partial charge is 0.132 e. The molecule has 4 nitrogen and oxygen atoms in total. The fourth-order valence-electron chi connectivity index (χ4n) is 2.51. The number of nitrogens with zero attached hydrogens (tertiary/aromatic N) is 2. The molecule has 1 unspecified atom stereocenters. The van der Waals surface area contributed by atoms with Gasteiger partial charge in [-0.15, -0.1) is 0 Å². The summed E-state index contributed by atoms with van der Waals surface area (Å²) in [5, 5.41) is 0. The molecule has 0 amide bonds. The number of aromatic nitrogens is 2. The van der Waals surface area contributed by atoms with E-state index >= 15 is 0 Å². The molecule has 2 N–H and O–H groups in total. The third-order valence-electron chi connectivity index (χ3n) is 3.53. The maximum absolute atomic E-state index is 6.37. The number of hydrogen-bond acceptors (Lipinski definition) is 3. The van der Waals surface area contributed by atoms with E-state index < -0.39 is 5.54 Å². The van der Waals surface area contributed by atoms with Gasteiger partial charge in [0.25, 0.3) is 0 Å². The lowest BCUT2D eigenvalue weighted by Gasteiger charge is -2.20. The van der Waals surface area contributed by atoms with Gasteiger partial charge in [-0.2, -0.15) is 0 Å². The van der Waals surface area contributed by atoms with Crippen LogP contribution in [0, 0.1) is 6.92 Å². The van der Waals surface area contributed by atoms with Gasteiger partial charge in [0.05, 0.1) is 17.6 Å². The first kappa shape index (κ1) is 10.7. The average molecular weight is 231 g/mol. The van der Waals surface area contributed by atoms with Crippen molar-refractivity contribution in [3.8, 4) is 0 Å². The van der Waals surface area contributed by atoms with Gasteiger partial charge in [-0.25, -0.2) is 4.98 Å². The van der Waals surface area contributed by atoms with E-state index in [9.17, 15) is 0 Å². The lowest BCUT2D eigenvalue weighted by Crippen LogP contribution is -2.39. The topological polar surface area (TPSA) is 53.1 Å². The van der Waals surface area contributed by atoms with Crippen molar-refractivity contribution in [2.24, 2.45) is 12.8 Å². The molecule has 90 valence electrons. The molecule has 1 aromatic carbocycles. The van der Waals surface area contributed by atoms with Gasteiger partial charge in [0, 0.05) is 13.7 Å². The number of rotatable bonds is 1. The zero-order valence-corrected chi connectivity index (χ0v) is 10.2. The van der Waals surface area contributed by atoms with Crippen molar-refractivity contribution in [3.05, 3.63) is 29.6 Å². The van der Waals surface area contributed by atoms with Gasteiger partial charge in [-0.3, -0.25) is 0 Å². The Labute approximate surface area is 100 Å². The molecule has 1 fully saturated rings. The van der Waals surface area contributed by atoms with Gasteiger partial charge in [-0.1, -0.05) is 6.07 Å². The Balaban J connectivity index is 2.20. The normalized spacial score (nSPS) is 24.6. The zero-order valence-electron chi connectivity index (χ0n) is 10.2. The van der Waals surface area contributed by atoms with Crippen LogP contribution in [0.25, 0.3) is 11.0 Å². The summed E-state index contributed by atoms with van der Waals surface area (Å²) in [6, 6.07) is 6.29. The van der Waals surface area contributed by atoms with Crippen LogP contribution in [0.1, 0.15) is 17.8 Å². The highest BCUT2D eigenvalue weighted by Gasteiger charge is 2.36. The van der Waals surface area contributed by atoms with E-state index in [4.69, 9.17) is 10.5 Å². The fourth-order valence-corrected chi connectivity index (χ4v) is 2.51. The van der Waals surface area contributed by atoms with Crippen LogP contribution in [0.5, 0.6) is 0 Å². The first-order valence-electron chi connectivity index (χ1n) is 5.90. The Morgan fingerprint density at radius 2 is 2.29 bits per heavy atom. The number of benzene rings is 1. The fraction of sp³-hybridized carbons (Fsp3) is 0.462. The Morgan fingerprint density at radius 1 is 1.47 bits per heavy atom. The van der Waals surface area contributed by atoms with Crippen LogP contribution in [-0.2, 0) is 17.3 Å². The lowest BCUT2D eigenvalue weighted by atomic mass is 9.99. The first-order chi connectivity index (χ1) is 8.10. The van der Waals surface area contributed by atoms with Crippen LogP contribution in [0.4, 0.5) is 0 Å². The van der Waals surface area contributed by atoms with Crippen molar-refractivity contribution in [1.29, 1.82) is 0 Å². The van der Waals surface area contributed by atoms with Crippen LogP contribution < -0.4 is 5.73 Å². The van der Waals surface area contributed by atoms with Gasteiger partial charge in [-0.05, 0) is 31.0 Å². The van der Waals surface area contributed by atoms with Crippen LogP contribution in [0.15, 0.2) is 18.2 Å². The number of nitrogens with two attached hydrogens (primary N) is 1. The van der Waals surface area contributed by atoms with Crippen LogP contribution >= 0.6 is 0 Å². The van der Waals surface area contributed by atoms with E-state index in [-0.39, 0.29) is 0 Å². The molecule has 1 saturated heterocycles. The maximum Gasteiger partial charge on any atom is 0.132 e. The van der Waals surface area contributed by atoms with Crippen LogP contribution in [-0.4, -0.2) is 22.8 Å². The molecule has 0 bridgehead atoms. The molecular weight excluding hydrogens is 214 g/mol. The average Bonchev–Trinajstić information content (AvgIpc) is 2.85. The molecular formula is C13H17N3O. The van der Waals surface area contributed by atoms with E-state index in [1.54, 1.807) is 0 Å². The van der Waals surface area contributed by atoms with E-state index in [1.807, 2.05) is 7.05 Å². The molecule has 4 heteroatoms. The highest BCUT2D eigenvalue weighted by molar-refractivity contribution is 5.77. The van der Waals surface area contributed by atoms with E-state index in [0.29, 0.717) is 6.61 Å². The maximum atomic E-state index is 6.37. The largest absolute Gasteiger partial charge is 0.379 e. The molecule has 0 radical (unpaired) electrons. The Kier molecular flexibility index (Phi) is 2.24. The predicted molar refractivity (Wildman–Crippen MR) is 66.8 cm³/mol.